The van der Waals surface area contributed by atoms with Crippen LogP contribution < -0.4 is 0 Å². The SMILES string of the molecule is c1ccc2c(-c3ccc(-c4cc5cccc6c5c5c4cccc5c4c6c5ccccc5n4-c4cccc5ccccc45)cc3)cccc2c1. The molecule has 0 saturated carbocycles. The molecular formula is C48H29N. The number of aromatic nitrogens is 1. The number of rotatable bonds is 3. The molecule has 0 atom stereocenters. The van der Waals surface area contributed by atoms with E-state index in [9.17, 15) is 0 Å². The molecule has 1 heteroatoms. The van der Waals surface area contributed by atoms with Gasteiger partial charge in [0.15, 0.2) is 0 Å². The zero-order valence-electron chi connectivity index (χ0n) is 26.7. The van der Waals surface area contributed by atoms with Gasteiger partial charge in [-0.25, -0.2) is 0 Å². The van der Waals surface area contributed by atoms with Gasteiger partial charge in [0.25, 0.3) is 0 Å². The van der Waals surface area contributed by atoms with Crippen molar-refractivity contribution in [3.63, 3.8) is 0 Å². The Labute approximate surface area is 283 Å². The van der Waals surface area contributed by atoms with Crippen molar-refractivity contribution in [2.24, 2.45) is 0 Å². The van der Waals surface area contributed by atoms with Crippen molar-refractivity contribution in [2.75, 3.05) is 0 Å². The second kappa shape index (κ2) is 10.0. The number of hydrogen-bond donors (Lipinski definition) is 0. The maximum absolute atomic E-state index is 2.52. The number of para-hydroxylation sites is 1. The maximum Gasteiger partial charge on any atom is 0.0626 e. The summed E-state index contributed by atoms with van der Waals surface area (Å²) in [4.78, 5) is 0. The Morgan fingerprint density at radius 1 is 0.306 bits per heavy atom. The Bertz CT molecular complexity index is 3080. The second-order valence-electron chi connectivity index (χ2n) is 13.2. The molecule has 1 aromatic heterocycles. The van der Waals surface area contributed by atoms with E-state index < -0.39 is 0 Å². The molecule has 0 fully saturated rings. The lowest BCUT2D eigenvalue weighted by Gasteiger charge is -2.18. The Morgan fingerprint density at radius 2 is 0.857 bits per heavy atom. The van der Waals surface area contributed by atoms with Crippen LogP contribution in [0.2, 0.25) is 0 Å². The predicted octanol–water partition coefficient (Wildman–Crippen LogP) is 13.3. The summed E-state index contributed by atoms with van der Waals surface area (Å²) in [6.45, 7) is 0. The highest BCUT2D eigenvalue weighted by Crippen LogP contribution is 2.48. The molecule has 226 valence electrons. The van der Waals surface area contributed by atoms with Crippen LogP contribution in [0.25, 0.3) is 104 Å². The zero-order valence-corrected chi connectivity index (χ0v) is 26.7. The lowest BCUT2D eigenvalue weighted by atomic mass is 9.86. The molecule has 0 N–H and O–H groups in total. The topological polar surface area (TPSA) is 4.93 Å². The normalized spacial score (nSPS) is 12.1. The third-order valence-electron chi connectivity index (χ3n) is 10.7. The molecule has 0 aliphatic heterocycles. The fourth-order valence-electron chi connectivity index (χ4n) is 8.62. The summed E-state index contributed by atoms with van der Waals surface area (Å²) in [7, 11) is 0. The number of nitrogens with zero attached hydrogens (tertiary/aromatic N) is 1. The van der Waals surface area contributed by atoms with Crippen LogP contribution in [0.5, 0.6) is 0 Å². The fourth-order valence-corrected chi connectivity index (χ4v) is 8.62. The molecule has 0 aliphatic rings. The van der Waals surface area contributed by atoms with Crippen molar-refractivity contribution in [1.82, 2.24) is 4.57 Å². The molecule has 0 unspecified atom stereocenters. The summed E-state index contributed by atoms with van der Waals surface area (Å²) in [6.07, 6.45) is 0. The highest BCUT2D eigenvalue weighted by molar-refractivity contribution is 6.39. The van der Waals surface area contributed by atoms with E-state index in [0.29, 0.717) is 0 Å². The Hall–Kier alpha value is -6.44. The van der Waals surface area contributed by atoms with Crippen LogP contribution in [-0.2, 0) is 0 Å². The lowest BCUT2D eigenvalue weighted by Crippen LogP contribution is -1.97. The van der Waals surface area contributed by atoms with Crippen molar-refractivity contribution in [1.29, 1.82) is 0 Å². The first kappa shape index (κ1) is 26.6. The van der Waals surface area contributed by atoms with Crippen LogP contribution in [0.1, 0.15) is 0 Å². The van der Waals surface area contributed by atoms with Crippen molar-refractivity contribution < 1.29 is 0 Å². The standard InChI is InChI=1S/C48H29N/c1-3-16-35-30(11-1)13-7-19-36(35)32-25-27-33(28-26-32)42-29-34-15-8-21-40-45(34)46-38(42)20-10-22-41(46)48-47(40)39-18-5-6-23-44(39)49(48)43-24-9-14-31-12-2-4-17-37(31)43/h1-29H. The minimum Gasteiger partial charge on any atom is -0.308 e. The van der Waals surface area contributed by atoms with Gasteiger partial charge in [-0.2, -0.15) is 0 Å². The Kier molecular flexibility index (Phi) is 5.45. The van der Waals surface area contributed by atoms with Gasteiger partial charge in [-0.1, -0.05) is 158 Å². The molecule has 0 amide bonds. The van der Waals surface area contributed by atoms with Crippen LogP contribution >= 0.6 is 0 Å². The summed E-state index contributed by atoms with van der Waals surface area (Å²) in [5.74, 6) is 0. The predicted molar refractivity (Wildman–Crippen MR) is 210 cm³/mol. The highest BCUT2D eigenvalue weighted by Gasteiger charge is 2.23. The number of hydrogen-bond acceptors (Lipinski definition) is 0. The van der Waals surface area contributed by atoms with E-state index in [2.05, 4.69) is 180 Å². The smallest absolute Gasteiger partial charge is 0.0626 e. The van der Waals surface area contributed by atoms with E-state index in [1.165, 1.54) is 104 Å². The van der Waals surface area contributed by atoms with E-state index in [1.807, 2.05) is 0 Å². The van der Waals surface area contributed by atoms with Gasteiger partial charge < -0.3 is 4.57 Å². The molecule has 1 nitrogen and oxygen atoms in total. The van der Waals surface area contributed by atoms with Crippen molar-refractivity contribution >= 4 is 75.7 Å². The average molecular weight is 620 g/mol. The molecule has 0 radical (unpaired) electrons. The van der Waals surface area contributed by atoms with Crippen molar-refractivity contribution in [3.05, 3.63) is 176 Å². The molecule has 0 bridgehead atoms. The highest BCUT2D eigenvalue weighted by atomic mass is 15.0. The monoisotopic (exact) mass is 619 g/mol. The average Bonchev–Trinajstić information content (AvgIpc) is 3.52. The number of benzene rings is 10. The molecule has 11 aromatic rings. The van der Waals surface area contributed by atoms with Crippen LogP contribution in [0.3, 0.4) is 0 Å². The van der Waals surface area contributed by atoms with Crippen molar-refractivity contribution in [3.8, 4) is 27.9 Å². The molecule has 0 aliphatic carbocycles. The van der Waals surface area contributed by atoms with Crippen LogP contribution in [-0.4, -0.2) is 4.57 Å². The Morgan fingerprint density at radius 3 is 1.69 bits per heavy atom. The summed E-state index contributed by atoms with van der Waals surface area (Å²) in [5.41, 5.74) is 8.71. The first-order chi connectivity index (χ1) is 24.3. The molecule has 10 aromatic carbocycles. The zero-order chi connectivity index (χ0) is 32.1. The lowest BCUT2D eigenvalue weighted by molar-refractivity contribution is 1.20. The van der Waals surface area contributed by atoms with E-state index in [-0.39, 0.29) is 0 Å². The molecule has 1 heterocycles. The first-order valence-electron chi connectivity index (χ1n) is 17.0. The summed E-state index contributed by atoms with van der Waals surface area (Å²) >= 11 is 0. The summed E-state index contributed by atoms with van der Waals surface area (Å²) in [6, 6.07) is 64.9. The fraction of sp³-hybridized carbons (Fsp3) is 0. The summed E-state index contributed by atoms with van der Waals surface area (Å²) in [5, 5.41) is 15.5. The van der Waals surface area contributed by atoms with Gasteiger partial charge in [-0.3, -0.25) is 0 Å². The Balaban J connectivity index is 1.23. The summed E-state index contributed by atoms with van der Waals surface area (Å²) < 4.78 is 2.52. The van der Waals surface area contributed by atoms with Gasteiger partial charge in [0, 0.05) is 26.9 Å². The van der Waals surface area contributed by atoms with Gasteiger partial charge in [0.05, 0.1) is 16.7 Å². The second-order valence-corrected chi connectivity index (χ2v) is 13.2. The third kappa shape index (κ3) is 3.70. The number of fused-ring (bicyclic) bond motifs is 7. The van der Waals surface area contributed by atoms with E-state index >= 15 is 0 Å². The minimum atomic E-state index is 1.21. The van der Waals surface area contributed by atoms with Gasteiger partial charge in [-0.05, 0) is 78.2 Å². The van der Waals surface area contributed by atoms with Crippen LogP contribution in [0.4, 0.5) is 0 Å². The quantitative estimate of drug-likeness (QED) is 0.173. The van der Waals surface area contributed by atoms with Crippen LogP contribution in [0, 0.1) is 0 Å². The van der Waals surface area contributed by atoms with E-state index in [1.54, 1.807) is 0 Å². The van der Waals surface area contributed by atoms with E-state index in [4.69, 9.17) is 0 Å². The van der Waals surface area contributed by atoms with Gasteiger partial charge >= 0.3 is 0 Å². The van der Waals surface area contributed by atoms with Crippen LogP contribution in [0.15, 0.2) is 176 Å². The molecular weight excluding hydrogens is 591 g/mol. The van der Waals surface area contributed by atoms with Gasteiger partial charge in [0.2, 0.25) is 0 Å². The third-order valence-corrected chi connectivity index (χ3v) is 10.7. The minimum absolute atomic E-state index is 1.21. The van der Waals surface area contributed by atoms with Gasteiger partial charge in [0.1, 0.15) is 0 Å². The molecule has 0 saturated heterocycles. The van der Waals surface area contributed by atoms with Gasteiger partial charge in [-0.15, -0.1) is 0 Å². The molecule has 49 heavy (non-hydrogen) atoms. The van der Waals surface area contributed by atoms with E-state index in [0.717, 1.165) is 0 Å². The molecule has 0 spiro atoms. The van der Waals surface area contributed by atoms with Crippen molar-refractivity contribution in [2.45, 2.75) is 0 Å². The molecule has 11 rings (SSSR count). The largest absolute Gasteiger partial charge is 0.308 e. The maximum atomic E-state index is 2.52. The first-order valence-corrected chi connectivity index (χ1v) is 17.0.